The summed E-state index contributed by atoms with van der Waals surface area (Å²) in [5.41, 5.74) is 0.349. The standard InChI is InChI=1S/C14H20ClN3O/c1-10-2-4-11(5-3-10)6-7-16-14-12(8-19)13(15)17-9-18-14/h8-11H,2-7H2,1H3,(H,16,17,18). The molecule has 4 nitrogen and oxygen atoms in total. The van der Waals surface area contributed by atoms with Crippen molar-refractivity contribution in [2.24, 2.45) is 11.8 Å². The molecule has 1 N–H and O–H groups in total. The third-order valence-electron chi connectivity index (χ3n) is 3.93. The van der Waals surface area contributed by atoms with Crippen molar-refractivity contribution >= 4 is 23.7 Å². The van der Waals surface area contributed by atoms with Crippen LogP contribution >= 0.6 is 11.6 Å². The van der Waals surface area contributed by atoms with Gasteiger partial charge in [0.05, 0.1) is 5.56 Å². The zero-order valence-electron chi connectivity index (χ0n) is 11.2. The number of nitrogens with zero attached hydrogens (tertiary/aromatic N) is 2. The number of nitrogens with one attached hydrogen (secondary N) is 1. The van der Waals surface area contributed by atoms with Crippen LogP contribution in [0, 0.1) is 11.8 Å². The molecular weight excluding hydrogens is 262 g/mol. The average Bonchev–Trinajstić information content (AvgIpc) is 2.41. The molecule has 0 unspecified atom stereocenters. The van der Waals surface area contributed by atoms with Crippen LogP contribution in [0.2, 0.25) is 5.15 Å². The van der Waals surface area contributed by atoms with Crippen molar-refractivity contribution in [3.8, 4) is 0 Å². The topological polar surface area (TPSA) is 54.9 Å². The Morgan fingerprint density at radius 2 is 2.11 bits per heavy atom. The number of aldehydes is 1. The minimum atomic E-state index is 0.207. The highest BCUT2D eigenvalue weighted by Gasteiger charge is 2.18. The lowest BCUT2D eigenvalue weighted by Gasteiger charge is -2.26. The molecule has 2 rings (SSSR count). The van der Waals surface area contributed by atoms with Crippen molar-refractivity contribution in [1.82, 2.24) is 9.97 Å². The first-order valence-electron chi connectivity index (χ1n) is 6.90. The van der Waals surface area contributed by atoms with Gasteiger partial charge in [-0.1, -0.05) is 44.2 Å². The van der Waals surface area contributed by atoms with Crippen LogP contribution in [-0.4, -0.2) is 22.8 Å². The molecule has 19 heavy (non-hydrogen) atoms. The van der Waals surface area contributed by atoms with Crippen LogP contribution in [0.1, 0.15) is 49.4 Å². The SMILES string of the molecule is CC1CCC(CCNc2ncnc(Cl)c2C=O)CC1. The summed E-state index contributed by atoms with van der Waals surface area (Å²) in [5, 5.41) is 3.40. The third kappa shape index (κ3) is 3.90. The molecule has 0 saturated heterocycles. The van der Waals surface area contributed by atoms with Crippen LogP contribution in [0.5, 0.6) is 0 Å². The molecule has 0 radical (unpaired) electrons. The van der Waals surface area contributed by atoms with Gasteiger partial charge in [0.15, 0.2) is 6.29 Å². The highest BCUT2D eigenvalue weighted by atomic mass is 35.5. The fourth-order valence-electron chi connectivity index (χ4n) is 2.63. The zero-order valence-corrected chi connectivity index (χ0v) is 12.0. The van der Waals surface area contributed by atoms with E-state index in [4.69, 9.17) is 11.6 Å². The molecule has 0 aromatic carbocycles. The predicted octanol–water partition coefficient (Wildman–Crippen LogP) is 3.57. The Morgan fingerprint density at radius 3 is 2.79 bits per heavy atom. The quantitative estimate of drug-likeness (QED) is 0.662. The molecule has 1 aromatic heterocycles. The molecule has 1 aromatic rings. The lowest BCUT2D eigenvalue weighted by atomic mass is 9.81. The van der Waals surface area contributed by atoms with Crippen LogP contribution in [-0.2, 0) is 0 Å². The van der Waals surface area contributed by atoms with Gasteiger partial charge in [0.25, 0.3) is 0 Å². The molecular formula is C14H20ClN3O. The van der Waals surface area contributed by atoms with Gasteiger partial charge in [-0.25, -0.2) is 9.97 Å². The van der Waals surface area contributed by atoms with Crippen molar-refractivity contribution in [3.05, 3.63) is 17.0 Å². The smallest absolute Gasteiger partial charge is 0.156 e. The van der Waals surface area contributed by atoms with Crippen LogP contribution in [0.15, 0.2) is 6.33 Å². The Labute approximate surface area is 119 Å². The van der Waals surface area contributed by atoms with E-state index in [2.05, 4.69) is 22.2 Å². The molecule has 0 spiro atoms. The summed E-state index contributed by atoms with van der Waals surface area (Å²) in [6.07, 6.45) is 8.49. The maximum absolute atomic E-state index is 10.9. The van der Waals surface area contributed by atoms with Crippen molar-refractivity contribution < 1.29 is 4.79 Å². The second-order valence-electron chi connectivity index (χ2n) is 5.39. The van der Waals surface area contributed by atoms with Gasteiger partial charge >= 0.3 is 0 Å². The van der Waals surface area contributed by atoms with Gasteiger partial charge in [0.1, 0.15) is 17.3 Å². The van der Waals surface area contributed by atoms with E-state index in [1.807, 2.05) is 0 Å². The summed E-state index contributed by atoms with van der Waals surface area (Å²) >= 11 is 5.85. The van der Waals surface area contributed by atoms with Gasteiger partial charge in [0.2, 0.25) is 0 Å². The highest BCUT2D eigenvalue weighted by Crippen LogP contribution is 2.30. The van der Waals surface area contributed by atoms with Gasteiger partial charge in [-0.15, -0.1) is 0 Å². The van der Waals surface area contributed by atoms with Gasteiger partial charge in [0, 0.05) is 6.54 Å². The largest absolute Gasteiger partial charge is 0.369 e. The highest BCUT2D eigenvalue weighted by molar-refractivity contribution is 6.32. The summed E-state index contributed by atoms with van der Waals surface area (Å²) < 4.78 is 0. The van der Waals surface area contributed by atoms with E-state index < -0.39 is 0 Å². The van der Waals surface area contributed by atoms with Crippen LogP contribution < -0.4 is 5.32 Å². The van der Waals surface area contributed by atoms with Crippen molar-refractivity contribution in [2.75, 3.05) is 11.9 Å². The molecule has 1 heterocycles. The van der Waals surface area contributed by atoms with Gasteiger partial charge < -0.3 is 5.32 Å². The molecule has 0 atom stereocenters. The average molecular weight is 282 g/mol. The van der Waals surface area contributed by atoms with Crippen molar-refractivity contribution in [3.63, 3.8) is 0 Å². The molecule has 5 heteroatoms. The molecule has 0 aliphatic heterocycles. The van der Waals surface area contributed by atoms with E-state index in [0.717, 1.165) is 24.8 Å². The minimum Gasteiger partial charge on any atom is -0.369 e. The normalized spacial score (nSPS) is 23.1. The number of hydrogen-bond donors (Lipinski definition) is 1. The third-order valence-corrected chi connectivity index (χ3v) is 4.23. The molecule has 104 valence electrons. The van der Waals surface area contributed by atoms with Gasteiger partial charge in [-0.3, -0.25) is 4.79 Å². The van der Waals surface area contributed by atoms with Crippen molar-refractivity contribution in [2.45, 2.75) is 39.0 Å². The second kappa shape index (κ2) is 6.85. The number of anilines is 1. The van der Waals surface area contributed by atoms with E-state index in [1.165, 1.54) is 32.0 Å². The first kappa shape index (κ1) is 14.3. The molecule has 0 amide bonds. The number of hydrogen-bond acceptors (Lipinski definition) is 4. The summed E-state index contributed by atoms with van der Waals surface area (Å²) in [5.74, 6) is 2.21. The van der Waals surface area contributed by atoms with Gasteiger partial charge in [-0.05, 0) is 18.3 Å². The summed E-state index contributed by atoms with van der Waals surface area (Å²) in [7, 11) is 0. The van der Waals surface area contributed by atoms with E-state index in [9.17, 15) is 4.79 Å². The Morgan fingerprint density at radius 1 is 1.37 bits per heavy atom. The Balaban J connectivity index is 1.83. The number of aromatic nitrogens is 2. The minimum absolute atomic E-state index is 0.207. The van der Waals surface area contributed by atoms with Gasteiger partial charge in [-0.2, -0.15) is 0 Å². The maximum Gasteiger partial charge on any atom is 0.156 e. The maximum atomic E-state index is 10.9. The van der Waals surface area contributed by atoms with E-state index >= 15 is 0 Å². The number of carbonyl (C=O) groups is 1. The monoisotopic (exact) mass is 281 g/mol. The molecule has 1 fully saturated rings. The van der Waals surface area contributed by atoms with E-state index in [1.54, 1.807) is 0 Å². The number of halogens is 1. The summed E-state index contributed by atoms with van der Waals surface area (Å²) in [4.78, 5) is 18.8. The first-order valence-corrected chi connectivity index (χ1v) is 7.28. The fraction of sp³-hybridized carbons (Fsp3) is 0.643. The zero-order chi connectivity index (χ0) is 13.7. The van der Waals surface area contributed by atoms with Crippen LogP contribution in [0.4, 0.5) is 5.82 Å². The summed E-state index contributed by atoms with van der Waals surface area (Å²) in [6, 6.07) is 0. The molecule has 1 aliphatic carbocycles. The first-order chi connectivity index (χ1) is 9.20. The Bertz CT molecular complexity index is 431. The van der Waals surface area contributed by atoms with E-state index in [-0.39, 0.29) is 5.15 Å². The molecule has 1 saturated carbocycles. The summed E-state index contributed by atoms with van der Waals surface area (Å²) in [6.45, 7) is 3.15. The lowest BCUT2D eigenvalue weighted by Crippen LogP contribution is -2.16. The predicted molar refractivity (Wildman–Crippen MR) is 76.7 cm³/mol. The molecule has 0 bridgehead atoms. The van der Waals surface area contributed by atoms with Crippen molar-refractivity contribution in [1.29, 1.82) is 0 Å². The number of rotatable bonds is 5. The Kier molecular flexibility index (Phi) is 5.14. The number of carbonyl (C=O) groups excluding carboxylic acids is 1. The Hall–Kier alpha value is -1.16. The van der Waals surface area contributed by atoms with Crippen LogP contribution in [0.3, 0.4) is 0 Å². The van der Waals surface area contributed by atoms with E-state index in [0.29, 0.717) is 17.7 Å². The lowest BCUT2D eigenvalue weighted by molar-refractivity contribution is 0.112. The molecule has 1 aliphatic rings. The second-order valence-corrected chi connectivity index (χ2v) is 5.74. The fourth-order valence-corrected chi connectivity index (χ4v) is 2.81. The van der Waals surface area contributed by atoms with Crippen LogP contribution in [0.25, 0.3) is 0 Å².